The lowest BCUT2D eigenvalue weighted by Crippen LogP contribution is -2.62. The van der Waals surface area contributed by atoms with E-state index in [0.717, 1.165) is 6.92 Å². The van der Waals surface area contributed by atoms with E-state index in [1.165, 1.54) is 6.92 Å². The molecule has 0 aromatic heterocycles. The lowest BCUT2D eigenvalue weighted by atomic mass is 9.99. The highest BCUT2D eigenvalue weighted by atomic mass is 16.4. The monoisotopic (exact) mass is 1060 g/mol. The molecule has 0 saturated carbocycles. The van der Waals surface area contributed by atoms with Crippen molar-refractivity contribution in [2.24, 2.45) is 51.8 Å². The summed E-state index contributed by atoms with van der Waals surface area (Å²) in [5.41, 5.74) is 16.7. The molecule has 0 aliphatic rings. The molecule has 0 heterocycles. The van der Waals surface area contributed by atoms with Gasteiger partial charge in [-0.2, -0.15) is 0 Å². The van der Waals surface area contributed by atoms with Crippen LogP contribution in [0, 0.1) is 29.6 Å². The molecular weight excluding hydrogens is 971 g/mol. The molecule has 0 spiro atoms. The summed E-state index contributed by atoms with van der Waals surface area (Å²) in [6, 6.07) is -12.2. The summed E-state index contributed by atoms with van der Waals surface area (Å²) in [4.78, 5) is 148. The molecule has 0 fully saturated rings. The van der Waals surface area contributed by atoms with E-state index in [0.29, 0.717) is 6.42 Å². The number of carboxylic acids is 2. The van der Waals surface area contributed by atoms with Crippen LogP contribution in [0.25, 0.3) is 0 Å². The lowest BCUT2D eigenvalue weighted by molar-refractivity contribution is -0.144. The molecule has 0 aromatic carbocycles. The molecule has 0 radical (unpaired) electrons. The second-order valence-electron chi connectivity index (χ2n) is 20.3. The number of carbonyl (C=O) groups is 11. The van der Waals surface area contributed by atoms with Crippen LogP contribution in [-0.4, -0.2) is 160 Å². The van der Waals surface area contributed by atoms with Gasteiger partial charge in [-0.05, 0) is 75.5 Å². The van der Waals surface area contributed by atoms with Gasteiger partial charge in [-0.25, -0.2) is 4.79 Å². The van der Waals surface area contributed by atoms with Crippen LogP contribution >= 0.6 is 0 Å². The van der Waals surface area contributed by atoms with E-state index in [4.69, 9.17) is 17.2 Å². The number of carbonyl (C=O) groups excluding carboxylic acids is 9. The van der Waals surface area contributed by atoms with Crippen LogP contribution in [-0.2, 0) is 52.7 Å². The third kappa shape index (κ3) is 26.4. The molecule has 18 N–H and O–H groups in total. The fraction of sp³-hybridized carbons (Fsp3) is 0.745. The first kappa shape index (κ1) is 67.4. The molecule has 0 aliphatic heterocycles. The summed E-state index contributed by atoms with van der Waals surface area (Å²) in [5.74, 6) is -12.4. The first-order chi connectivity index (χ1) is 34.2. The van der Waals surface area contributed by atoms with Gasteiger partial charge in [-0.1, -0.05) is 69.2 Å². The molecule has 9 amide bonds. The summed E-state index contributed by atoms with van der Waals surface area (Å²) in [6.45, 7) is 19.0. The zero-order chi connectivity index (χ0) is 57.3. The van der Waals surface area contributed by atoms with Crippen LogP contribution in [0.5, 0.6) is 0 Å². The van der Waals surface area contributed by atoms with Crippen LogP contribution in [0.1, 0.15) is 122 Å². The van der Waals surface area contributed by atoms with Gasteiger partial charge in [0.25, 0.3) is 0 Å². The van der Waals surface area contributed by atoms with Gasteiger partial charge in [-0.15, -0.1) is 0 Å². The number of hydrogen-bond acceptors (Lipinski definition) is 14. The Balaban J connectivity index is 6.00. The number of aliphatic hydroxyl groups is 1. The van der Waals surface area contributed by atoms with E-state index < -0.39 is 150 Å². The summed E-state index contributed by atoms with van der Waals surface area (Å²) in [6.07, 6.45) is -1.64. The Bertz CT molecular complexity index is 1960. The number of nitrogens with one attached hydrogen (secondary N) is 9. The molecule has 27 heteroatoms. The van der Waals surface area contributed by atoms with E-state index in [1.807, 2.05) is 27.7 Å². The average Bonchev–Trinajstić information content (AvgIpc) is 3.27. The van der Waals surface area contributed by atoms with Crippen molar-refractivity contribution < 1.29 is 68.1 Å². The van der Waals surface area contributed by atoms with Gasteiger partial charge in [0.15, 0.2) is 5.96 Å². The molecule has 74 heavy (non-hydrogen) atoms. The molecule has 0 unspecified atom stereocenters. The first-order valence-electron chi connectivity index (χ1n) is 24.8. The van der Waals surface area contributed by atoms with Gasteiger partial charge in [0, 0.05) is 6.54 Å². The Labute approximate surface area is 433 Å². The number of amides is 9. The number of aliphatic carboxylic acids is 2. The number of aliphatic hydroxyl groups excluding tert-OH is 1. The summed E-state index contributed by atoms with van der Waals surface area (Å²) in [7, 11) is 0. The predicted octanol–water partition coefficient (Wildman–Crippen LogP) is -3.23. The van der Waals surface area contributed by atoms with E-state index in [-0.39, 0.29) is 55.9 Å². The number of nitrogens with two attached hydrogens (primary N) is 3. The second kappa shape index (κ2) is 33.2. The number of aliphatic imine (C=N–C) groups is 1. The Morgan fingerprint density at radius 3 is 1.36 bits per heavy atom. The quantitative estimate of drug-likeness (QED) is 0.0171. The SMILES string of the molecule is CC(C)C[C@H](NC(=O)CNC(=O)[C@H](CC(C)C)NC(=O)[C@H](CC(C)C)NC(=O)[C@@H](N)CCCN=C(N)N)C(=O)N[C@@H](C)C(=O)N[C@@H](CC(=O)O)C(=O)N[C@H](C(=O)N[C@H](C(=O)N[C@H](C(=O)O)C(C)C)C(C)C)[C@@H](C)O. The minimum atomic E-state index is -1.88. The van der Waals surface area contributed by atoms with E-state index in [9.17, 15) is 68.1 Å². The van der Waals surface area contributed by atoms with Crippen molar-refractivity contribution in [3.63, 3.8) is 0 Å². The largest absolute Gasteiger partial charge is 0.481 e. The third-order valence-electron chi connectivity index (χ3n) is 11.1. The molecule has 10 atom stereocenters. The predicted molar refractivity (Wildman–Crippen MR) is 272 cm³/mol. The van der Waals surface area contributed by atoms with Gasteiger partial charge in [0.1, 0.15) is 48.3 Å². The number of nitrogens with zero attached hydrogens (tertiary/aromatic N) is 1. The van der Waals surface area contributed by atoms with Crippen molar-refractivity contribution in [1.82, 2.24) is 47.9 Å². The van der Waals surface area contributed by atoms with Crippen molar-refractivity contribution in [2.75, 3.05) is 13.1 Å². The molecular formula is C47H85N13O14. The topological polar surface area (TPSA) is 447 Å². The first-order valence-corrected chi connectivity index (χ1v) is 24.8. The van der Waals surface area contributed by atoms with Crippen molar-refractivity contribution in [2.45, 2.75) is 182 Å². The normalized spacial score (nSPS) is 15.4. The number of guanidine groups is 1. The lowest BCUT2D eigenvalue weighted by Gasteiger charge is -2.29. The maximum atomic E-state index is 13.6. The number of hydrogen-bond donors (Lipinski definition) is 15. The smallest absolute Gasteiger partial charge is 0.326 e. The second-order valence-corrected chi connectivity index (χ2v) is 20.3. The van der Waals surface area contributed by atoms with Crippen LogP contribution in [0.15, 0.2) is 4.99 Å². The highest BCUT2D eigenvalue weighted by molar-refractivity contribution is 5.99. The molecule has 0 saturated heterocycles. The molecule has 0 aliphatic carbocycles. The minimum absolute atomic E-state index is 0.0405. The Morgan fingerprint density at radius 2 is 0.905 bits per heavy atom. The van der Waals surface area contributed by atoms with Crippen LogP contribution in [0.3, 0.4) is 0 Å². The summed E-state index contributed by atoms with van der Waals surface area (Å²) < 4.78 is 0. The zero-order valence-corrected chi connectivity index (χ0v) is 44.8. The number of rotatable bonds is 34. The van der Waals surface area contributed by atoms with Gasteiger partial charge in [0.2, 0.25) is 53.2 Å². The molecule has 0 rings (SSSR count). The molecule has 422 valence electrons. The van der Waals surface area contributed by atoms with Gasteiger partial charge < -0.3 is 80.4 Å². The Hall–Kier alpha value is -6.64. The van der Waals surface area contributed by atoms with Gasteiger partial charge in [-0.3, -0.25) is 52.9 Å². The molecule has 0 bridgehead atoms. The van der Waals surface area contributed by atoms with E-state index >= 15 is 0 Å². The minimum Gasteiger partial charge on any atom is -0.481 e. The Kier molecular flexibility index (Phi) is 30.3. The molecule has 0 aromatic rings. The fourth-order valence-electron chi connectivity index (χ4n) is 7.10. The maximum absolute atomic E-state index is 13.6. The fourth-order valence-corrected chi connectivity index (χ4v) is 7.10. The summed E-state index contributed by atoms with van der Waals surface area (Å²) in [5, 5.41) is 51.5. The van der Waals surface area contributed by atoms with Gasteiger partial charge in [0.05, 0.1) is 25.1 Å². The maximum Gasteiger partial charge on any atom is 0.326 e. The van der Waals surface area contributed by atoms with E-state index in [1.54, 1.807) is 41.5 Å². The standard InChI is InChI=1S/C47H85N13O14/c1-21(2)16-29(57-42(69)31(18-23(5)6)56-39(66)28(48)14-13-15-51-47(49)50)40(67)52-20-33(62)54-30(17-22(3)4)41(68)53-26(11)38(65)55-32(19-34(63)64)43(70)60-37(27(12)61)45(72)58-35(24(7)8)44(71)59-36(25(9)10)46(73)74/h21-32,35-37,61H,13-20,48H2,1-12H3,(H,52,67)(H,53,68)(H,54,62)(H,55,65)(H,56,66)(H,57,69)(H,58,72)(H,59,71)(H,60,70)(H,63,64)(H,73,74)(H4,49,50,51)/t26-,27+,28-,29-,30-,31-,32-,35-,36-,37-/m0/s1. The average molecular weight is 1060 g/mol. The van der Waals surface area contributed by atoms with Crippen molar-refractivity contribution in [3.05, 3.63) is 0 Å². The van der Waals surface area contributed by atoms with Gasteiger partial charge >= 0.3 is 11.9 Å². The zero-order valence-electron chi connectivity index (χ0n) is 44.8. The van der Waals surface area contributed by atoms with Crippen LogP contribution < -0.4 is 65.1 Å². The van der Waals surface area contributed by atoms with Crippen molar-refractivity contribution >= 4 is 71.1 Å². The Morgan fingerprint density at radius 1 is 0.486 bits per heavy atom. The van der Waals surface area contributed by atoms with Crippen molar-refractivity contribution in [1.29, 1.82) is 0 Å². The van der Waals surface area contributed by atoms with Crippen LogP contribution in [0.4, 0.5) is 0 Å². The van der Waals surface area contributed by atoms with Crippen molar-refractivity contribution in [3.8, 4) is 0 Å². The number of carboxylic acid groups (broad SMARTS) is 2. The highest BCUT2D eigenvalue weighted by Gasteiger charge is 2.37. The highest BCUT2D eigenvalue weighted by Crippen LogP contribution is 2.12. The third-order valence-corrected chi connectivity index (χ3v) is 11.1. The van der Waals surface area contributed by atoms with E-state index in [2.05, 4.69) is 52.8 Å². The van der Waals surface area contributed by atoms with Crippen LogP contribution in [0.2, 0.25) is 0 Å². The molecule has 27 nitrogen and oxygen atoms in total. The summed E-state index contributed by atoms with van der Waals surface area (Å²) >= 11 is 0.